The van der Waals surface area contributed by atoms with Crippen LogP contribution < -0.4 is 5.32 Å². The van der Waals surface area contributed by atoms with Crippen molar-refractivity contribution in [3.63, 3.8) is 0 Å². The Morgan fingerprint density at radius 2 is 2.56 bits per heavy atom. The molecule has 1 fully saturated rings. The summed E-state index contributed by atoms with van der Waals surface area (Å²) in [6.07, 6.45) is 3.10. The van der Waals surface area contributed by atoms with Crippen molar-refractivity contribution in [3.8, 4) is 0 Å². The molecule has 0 spiro atoms. The van der Waals surface area contributed by atoms with Crippen molar-refractivity contribution in [2.24, 2.45) is 0 Å². The quantitative estimate of drug-likeness (QED) is 0.578. The highest BCUT2D eigenvalue weighted by Gasteiger charge is 2.16. The predicted molar refractivity (Wildman–Crippen MR) is 36.3 cm³/mol. The van der Waals surface area contributed by atoms with Gasteiger partial charge in [-0.2, -0.15) is 0 Å². The Morgan fingerprint density at radius 1 is 1.78 bits per heavy atom. The first kappa shape index (κ1) is 7.03. The summed E-state index contributed by atoms with van der Waals surface area (Å²) < 4.78 is 0. The molecule has 0 aromatic rings. The highest BCUT2D eigenvalue weighted by atomic mass is 16.3. The maximum Gasteiger partial charge on any atom is 0.0527 e. The number of hydrogen-bond donors (Lipinski definition) is 1. The number of aliphatic hydroxyl groups is 1. The number of aliphatic hydroxyl groups excluding tert-OH is 1. The van der Waals surface area contributed by atoms with Crippen molar-refractivity contribution in [1.29, 1.82) is 0 Å². The zero-order valence-corrected chi connectivity index (χ0v) is 5.88. The van der Waals surface area contributed by atoms with Gasteiger partial charge in [0.05, 0.1) is 6.10 Å². The normalized spacial score (nSPS) is 30.7. The van der Waals surface area contributed by atoms with Crippen LogP contribution >= 0.6 is 0 Å². The Balaban J connectivity index is 2.11. The van der Waals surface area contributed by atoms with E-state index in [1.807, 2.05) is 6.92 Å². The molecule has 9 heavy (non-hydrogen) atoms. The third kappa shape index (κ3) is 2.33. The van der Waals surface area contributed by atoms with Crippen molar-refractivity contribution in [3.05, 3.63) is 0 Å². The van der Waals surface area contributed by atoms with E-state index >= 15 is 0 Å². The smallest absolute Gasteiger partial charge is 0.0527 e. The second kappa shape index (κ2) is 3.18. The highest BCUT2D eigenvalue weighted by Crippen LogP contribution is 2.11. The molecule has 1 aliphatic rings. The van der Waals surface area contributed by atoms with Gasteiger partial charge in [0.25, 0.3) is 0 Å². The van der Waals surface area contributed by atoms with Crippen LogP contribution in [0.15, 0.2) is 0 Å². The molecule has 0 bridgehead atoms. The lowest BCUT2D eigenvalue weighted by Crippen LogP contribution is -2.19. The first-order valence-corrected chi connectivity index (χ1v) is 3.63. The number of nitrogens with zero attached hydrogens (tertiary/aromatic N) is 1. The molecule has 2 nitrogen and oxygen atoms in total. The maximum absolute atomic E-state index is 8.95. The summed E-state index contributed by atoms with van der Waals surface area (Å²) in [5.41, 5.74) is 0. The average Bonchev–Trinajstić information content (AvgIpc) is 2.15. The SMILES string of the molecule is CC(O)CC1CCC[N]1. The monoisotopic (exact) mass is 128 g/mol. The summed E-state index contributed by atoms with van der Waals surface area (Å²) in [6.45, 7) is 2.84. The fraction of sp³-hybridized carbons (Fsp3) is 1.00. The van der Waals surface area contributed by atoms with Gasteiger partial charge in [-0.25, -0.2) is 5.32 Å². The van der Waals surface area contributed by atoms with Gasteiger partial charge in [-0.05, 0) is 26.2 Å². The minimum atomic E-state index is -0.170. The fourth-order valence-electron chi connectivity index (χ4n) is 1.28. The summed E-state index contributed by atoms with van der Waals surface area (Å²) in [5.74, 6) is 0. The summed E-state index contributed by atoms with van der Waals surface area (Å²) in [7, 11) is 0. The van der Waals surface area contributed by atoms with E-state index in [-0.39, 0.29) is 6.10 Å². The third-order valence-electron chi connectivity index (χ3n) is 1.70. The molecule has 1 N–H and O–H groups in total. The van der Waals surface area contributed by atoms with Crippen LogP contribution in [0, 0.1) is 0 Å². The lowest BCUT2D eigenvalue weighted by atomic mass is 10.1. The molecule has 1 aliphatic heterocycles. The maximum atomic E-state index is 8.95. The van der Waals surface area contributed by atoms with Crippen molar-refractivity contribution in [1.82, 2.24) is 5.32 Å². The molecule has 2 unspecified atom stereocenters. The average molecular weight is 128 g/mol. The molecular weight excluding hydrogens is 114 g/mol. The Hall–Kier alpha value is -0.0800. The fourth-order valence-corrected chi connectivity index (χ4v) is 1.28. The van der Waals surface area contributed by atoms with Crippen LogP contribution in [-0.2, 0) is 0 Å². The van der Waals surface area contributed by atoms with Gasteiger partial charge in [0.1, 0.15) is 0 Å². The van der Waals surface area contributed by atoms with Gasteiger partial charge in [0, 0.05) is 12.6 Å². The summed E-state index contributed by atoms with van der Waals surface area (Å²) >= 11 is 0. The highest BCUT2D eigenvalue weighted by molar-refractivity contribution is 4.74. The van der Waals surface area contributed by atoms with Crippen LogP contribution in [-0.4, -0.2) is 23.8 Å². The van der Waals surface area contributed by atoms with Crippen molar-refractivity contribution in [2.75, 3.05) is 6.54 Å². The Bertz CT molecular complexity index is 77.0. The molecule has 0 amide bonds. The lowest BCUT2D eigenvalue weighted by molar-refractivity contribution is 0.171. The van der Waals surface area contributed by atoms with E-state index in [1.165, 1.54) is 12.8 Å². The van der Waals surface area contributed by atoms with E-state index in [1.54, 1.807) is 0 Å². The molecule has 1 radical (unpaired) electrons. The topological polar surface area (TPSA) is 34.3 Å². The first-order valence-electron chi connectivity index (χ1n) is 3.63. The van der Waals surface area contributed by atoms with Gasteiger partial charge >= 0.3 is 0 Å². The van der Waals surface area contributed by atoms with Crippen LogP contribution in [0.2, 0.25) is 0 Å². The van der Waals surface area contributed by atoms with Gasteiger partial charge in [0.2, 0.25) is 0 Å². The molecule has 0 aliphatic carbocycles. The Kier molecular flexibility index (Phi) is 2.49. The predicted octanol–water partition coefficient (Wildman–Crippen LogP) is 0.524. The minimum Gasteiger partial charge on any atom is -0.393 e. The second-order valence-corrected chi connectivity index (χ2v) is 2.79. The number of rotatable bonds is 2. The standard InChI is InChI=1S/C7H14NO/c1-6(9)5-7-3-2-4-8-7/h6-7,9H,2-5H2,1H3. The van der Waals surface area contributed by atoms with Gasteiger partial charge in [-0.1, -0.05) is 0 Å². The molecule has 53 valence electrons. The molecular formula is C7H14NO. The molecule has 0 saturated carbocycles. The van der Waals surface area contributed by atoms with E-state index < -0.39 is 0 Å². The zero-order chi connectivity index (χ0) is 6.69. The summed E-state index contributed by atoms with van der Waals surface area (Å²) in [4.78, 5) is 0. The van der Waals surface area contributed by atoms with E-state index in [9.17, 15) is 0 Å². The molecule has 1 saturated heterocycles. The van der Waals surface area contributed by atoms with Crippen LogP contribution in [0.3, 0.4) is 0 Å². The summed E-state index contributed by atoms with van der Waals surface area (Å²) in [6, 6.07) is 0.463. The van der Waals surface area contributed by atoms with Crippen LogP contribution in [0.5, 0.6) is 0 Å². The second-order valence-electron chi connectivity index (χ2n) is 2.79. The lowest BCUT2D eigenvalue weighted by Gasteiger charge is -2.09. The van der Waals surface area contributed by atoms with Gasteiger partial charge in [-0.15, -0.1) is 0 Å². The van der Waals surface area contributed by atoms with Gasteiger partial charge < -0.3 is 5.11 Å². The van der Waals surface area contributed by atoms with E-state index in [4.69, 9.17) is 5.11 Å². The summed E-state index contributed by atoms with van der Waals surface area (Å²) in [5, 5.41) is 13.3. The first-order chi connectivity index (χ1) is 4.29. The Labute approximate surface area is 56.3 Å². The molecule has 2 heteroatoms. The molecule has 0 aromatic heterocycles. The third-order valence-corrected chi connectivity index (χ3v) is 1.70. The largest absolute Gasteiger partial charge is 0.393 e. The Morgan fingerprint density at radius 3 is 3.00 bits per heavy atom. The van der Waals surface area contributed by atoms with Crippen molar-refractivity contribution in [2.45, 2.75) is 38.3 Å². The zero-order valence-electron chi connectivity index (χ0n) is 5.88. The van der Waals surface area contributed by atoms with Crippen molar-refractivity contribution < 1.29 is 5.11 Å². The van der Waals surface area contributed by atoms with E-state index in [0.717, 1.165) is 13.0 Å². The number of hydrogen-bond acceptors (Lipinski definition) is 1. The molecule has 2 atom stereocenters. The molecule has 1 rings (SSSR count). The minimum absolute atomic E-state index is 0.170. The van der Waals surface area contributed by atoms with Crippen molar-refractivity contribution >= 4 is 0 Å². The van der Waals surface area contributed by atoms with Crippen LogP contribution in [0.1, 0.15) is 26.2 Å². The van der Waals surface area contributed by atoms with E-state index in [2.05, 4.69) is 5.32 Å². The van der Waals surface area contributed by atoms with Gasteiger partial charge in [0.15, 0.2) is 0 Å². The molecule has 1 heterocycles. The molecule has 0 aromatic carbocycles. The van der Waals surface area contributed by atoms with Crippen LogP contribution in [0.25, 0.3) is 0 Å². The van der Waals surface area contributed by atoms with E-state index in [0.29, 0.717) is 6.04 Å². The van der Waals surface area contributed by atoms with Gasteiger partial charge in [-0.3, -0.25) is 0 Å². The van der Waals surface area contributed by atoms with Crippen LogP contribution in [0.4, 0.5) is 0 Å².